The topological polar surface area (TPSA) is 4.93 Å². The Kier molecular flexibility index (Phi) is 4.63. The van der Waals surface area contributed by atoms with E-state index in [4.69, 9.17) is 0 Å². The first-order valence-corrected chi connectivity index (χ1v) is 13.4. The van der Waals surface area contributed by atoms with Crippen molar-refractivity contribution in [2.45, 2.75) is 19.8 Å². The number of hydrogen-bond donors (Lipinski definition) is 0. The minimum Gasteiger partial charge on any atom is -0.309 e. The van der Waals surface area contributed by atoms with E-state index in [1.165, 1.54) is 77.2 Å². The Labute approximate surface area is 222 Å². The molecule has 0 fully saturated rings. The molecule has 0 bridgehead atoms. The maximum Gasteiger partial charge on any atom is 0.0570 e. The summed E-state index contributed by atoms with van der Waals surface area (Å²) in [5.74, 6) is 0. The predicted octanol–water partition coefficient (Wildman–Crippen LogP) is 9.41. The molecule has 8 rings (SSSR count). The zero-order chi connectivity index (χ0) is 25.2. The van der Waals surface area contributed by atoms with E-state index < -0.39 is 0 Å². The molecule has 1 heterocycles. The lowest BCUT2D eigenvalue weighted by molar-refractivity contribution is 1.01. The van der Waals surface area contributed by atoms with Gasteiger partial charge in [0.05, 0.1) is 11.0 Å². The van der Waals surface area contributed by atoms with Crippen LogP contribution < -0.4 is 0 Å². The number of para-hydroxylation sites is 2. The molecule has 0 N–H and O–H groups in total. The monoisotopic (exact) mass is 485 g/mol. The van der Waals surface area contributed by atoms with Crippen molar-refractivity contribution in [2.75, 3.05) is 0 Å². The van der Waals surface area contributed by atoms with Crippen LogP contribution in [0.5, 0.6) is 0 Å². The molecule has 1 aliphatic rings. The number of rotatable bonds is 2. The Morgan fingerprint density at radius 3 is 2.13 bits per heavy atom. The van der Waals surface area contributed by atoms with E-state index in [-0.39, 0.29) is 0 Å². The van der Waals surface area contributed by atoms with Gasteiger partial charge < -0.3 is 4.57 Å². The van der Waals surface area contributed by atoms with Crippen LogP contribution in [0.2, 0.25) is 0 Å². The lowest BCUT2D eigenvalue weighted by Gasteiger charge is -2.22. The normalized spacial score (nSPS) is 12.7. The van der Waals surface area contributed by atoms with E-state index in [2.05, 4.69) is 133 Å². The summed E-state index contributed by atoms with van der Waals surface area (Å²) in [6.45, 7) is 2.22. The predicted molar refractivity (Wildman–Crippen MR) is 161 cm³/mol. The minimum absolute atomic E-state index is 0.994. The lowest BCUT2D eigenvalue weighted by atomic mass is 9.83. The highest BCUT2D eigenvalue weighted by atomic mass is 15.0. The highest BCUT2D eigenvalue weighted by Crippen LogP contribution is 2.37. The van der Waals surface area contributed by atoms with Crippen LogP contribution >= 0.6 is 0 Å². The number of nitrogens with zero attached hydrogens (tertiary/aromatic N) is 1. The quantitative estimate of drug-likeness (QED) is 0.230. The van der Waals surface area contributed by atoms with Crippen molar-refractivity contribution >= 4 is 32.6 Å². The molecule has 180 valence electrons. The highest BCUT2D eigenvalue weighted by molar-refractivity contribution is 6.10. The second-order valence-corrected chi connectivity index (χ2v) is 10.7. The highest BCUT2D eigenvalue weighted by Gasteiger charge is 2.18. The third kappa shape index (κ3) is 3.25. The van der Waals surface area contributed by atoms with Crippen LogP contribution in [0.25, 0.3) is 49.4 Å². The molecular formula is C37H27N. The van der Waals surface area contributed by atoms with Gasteiger partial charge in [-0.05, 0) is 87.7 Å². The van der Waals surface area contributed by atoms with Crippen molar-refractivity contribution in [1.82, 2.24) is 4.57 Å². The van der Waals surface area contributed by atoms with Crippen molar-refractivity contribution in [1.29, 1.82) is 0 Å². The van der Waals surface area contributed by atoms with E-state index in [0.29, 0.717) is 0 Å². The van der Waals surface area contributed by atoms with Crippen molar-refractivity contribution < 1.29 is 0 Å². The van der Waals surface area contributed by atoms with Crippen LogP contribution in [0, 0.1) is 6.92 Å². The minimum atomic E-state index is 0.994. The van der Waals surface area contributed by atoms with Gasteiger partial charge in [-0.15, -0.1) is 0 Å². The molecule has 0 aliphatic heterocycles. The van der Waals surface area contributed by atoms with Gasteiger partial charge in [0.1, 0.15) is 0 Å². The molecule has 1 nitrogen and oxygen atoms in total. The van der Waals surface area contributed by atoms with E-state index in [1.807, 2.05) is 0 Å². The molecule has 0 atom stereocenters. The van der Waals surface area contributed by atoms with Crippen molar-refractivity contribution in [2.24, 2.45) is 0 Å². The Morgan fingerprint density at radius 2 is 1.24 bits per heavy atom. The molecule has 0 radical (unpaired) electrons. The zero-order valence-electron chi connectivity index (χ0n) is 21.4. The van der Waals surface area contributed by atoms with Crippen LogP contribution in [-0.4, -0.2) is 4.57 Å². The molecule has 1 aliphatic carbocycles. The first kappa shape index (κ1) is 21.5. The molecule has 38 heavy (non-hydrogen) atoms. The molecule has 0 saturated carbocycles. The van der Waals surface area contributed by atoms with E-state index in [0.717, 1.165) is 12.8 Å². The van der Waals surface area contributed by atoms with Crippen LogP contribution in [-0.2, 0) is 12.8 Å². The zero-order valence-corrected chi connectivity index (χ0v) is 21.4. The molecule has 1 aromatic heterocycles. The number of fused-ring (bicyclic) bond motifs is 6. The van der Waals surface area contributed by atoms with Gasteiger partial charge >= 0.3 is 0 Å². The first-order chi connectivity index (χ1) is 18.7. The summed E-state index contributed by atoms with van der Waals surface area (Å²) in [5.41, 5.74) is 13.5. The first-order valence-electron chi connectivity index (χ1n) is 13.4. The van der Waals surface area contributed by atoms with Crippen LogP contribution in [0.15, 0.2) is 121 Å². The fourth-order valence-corrected chi connectivity index (χ4v) is 6.49. The van der Waals surface area contributed by atoms with Crippen LogP contribution in [0.3, 0.4) is 0 Å². The third-order valence-corrected chi connectivity index (χ3v) is 8.37. The van der Waals surface area contributed by atoms with Gasteiger partial charge in [0.25, 0.3) is 0 Å². The van der Waals surface area contributed by atoms with Gasteiger partial charge in [-0.25, -0.2) is 0 Å². The number of aromatic nitrogens is 1. The Bertz CT molecular complexity index is 2020. The third-order valence-electron chi connectivity index (χ3n) is 8.37. The maximum atomic E-state index is 2.44. The average molecular weight is 486 g/mol. The molecule has 0 saturated heterocycles. The van der Waals surface area contributed by atoms with Crippen LogP contribution in [0.4, 0.5) is 0 Å². The fourth-order valence-electron chi connectivity index (χ4n) is 6.49. The number of aryl methyl sites for hydroxylation is 1. The summed E-state index contributed by atoms with van der Waals surface area (Å²) in [5, 5.41) is 5.25. The summed E-state index contributed by atoms with van der Waals surface area (Å²) in [6.07, 6.45) is 1.99. The van der Waals surface area contributed by atoms with Crippen molar-refractivity contribution in [3.05, 3.63) is 149 Å². The average Bonchev–Trinajstić information content (AvgIpc) is 3.31. The smallest absolute Gasteiger partial charge is 0.0570 e. The second kappa shape index (κ2) is 8.19. The summed E-state index contributed by atoms with van der Waals surface area (Å²) in [7, 11) is 0. The van der Waals surface area contributed by atoms with Gasteiger partial charge in [0.2, 0.25) is 0 Å². The molecular weight excluding hydrogens is 458 g/mol. The molecule has 0 amide bonds. The van der Waals surface area contributed by atoms with E-state index in [1.54, 1.807) is 0 Å². The van der Waals surface area contributed by atoms with E-state index >= 15 is 0 Å². The van der Waals surface area contributed by atoms with Crippen molar-refractivity contribution in [3.8, 4) is 16.8 Å². The van der Waals surface area contributed by atoms with Crippen LogP contribution in [0.1, 0.15) is 27.8 Å². The van der Waals surface area contributed by atoms with Gasteiger partial charge in [0, 0.05) is 16.5 Å². The Hall–Kier alpha value is -4.62. The summed E-state index contributed by atoms with van der Waals surface area (Å²) < 4.78 is 2.44. The number of benzene rings is 6. The Balaban J connectivity index is 1.24. The van der Waals surface area contributed by atoms with Crippen molar-refractivity contribution in [3.63, 3.8) is 0 Å². The van der Waals surface area contributed by atoms with Gasteiger partial charge in [-0.2, -0.15) is 0 Å². The summed E-state index contributed by atoms with van der Waals surface area (Å²) in [6, 6.07) is 44.9. The van der Waals surface area contributed by atoms with Gasteiger partial charge in [0.15, 0.2) is 0 Å². The SMILES string of the molecule is Cc1cccc2c3ccccc3n(-c3ccc4cc5c(cc4c3)Cc3ccc(-c4ccccc4)cc3C5)c12. The molecule has 1 heteroatoms. The molecule has 6 aromatic carbocycles. The fraction of sp³-hybridized carbons (Fsp3) is 0.0811. The second-order valence-electron chi connectivity index (χ2n) is 10.7. The van der Waals surface area contributed by atoms with E-state index in [9.17, 15) is 0 Å². The van der Waals surface area contributed by atoms with Gasteiger partial charge in [-0.3, -0.25) is 0 Å². The largest absolute Gasteiger partial charge is 0.309 e. The molecule has 0 spiro atoms. The van der Waals surface area contributed by atoms with Gasteiger partial charge in [-0.1, -0.05) is 103 Å². The standard InChI is InChI=1S/C37H27N/c1-24-8-7-12-35-34-11-5-6-13-36(34)38(37(24)35)33-17-16-28-20-30-21-29-18-26(25-9-3-2-4-10-25)14-15-27(29)19-31(30)22-32(28)23-33/h2-18,20,22-23H,19,21H2,1H3. The summed E-state index contributed by atoms with van der Waals surface area (Å²) >= 11 is 0. The molecule has 0 unspecified atom stereocenters. The lowest BCUT2D eigenvalue weighted by Crippen LogP contribution is -2.07. The Morgan fingerprint density at radius 1 is 0.500 bits per heavy atom. The maximum absolute atomic E-state index is 2.44. The number of hydrogen-bond acceptors (Lipinski definition) is 0. The summed E-state index contributed by atoms with van der Waals surface area (Å²) in [4.78, 5) is 0. The molecule has 7 aromatic rings.